The molecule has 0 aliphatic heterocycles. The van der Waals surface area contributed by atoms with Gasteiger partial charge in [0, 0.05) is 12.5 Å². The molecular weight excluding hydrogens is 182 g/mol. The summed E-state index contributed by atoms with van der Waals surface area (Å²) in [6.07, 6.45) is 4.30. The van der Waals surface area contributed by atoms with Gasteiger partial charge in [-0.3, -0.25) is 10.1 Å². The monoisotopic (exact) mass is 187 g/mol. The third-order valence-electron chi connectivity index (χ3n) is 1.38. The molecule has 0 spiro atoms. The molecule has 0 aromatic heterocycles. The van der Waals surface area contributed by atoms with Gasteiger partial charge in [0.15, 0.2) is 4.86 Å². The highest BCUT2D eigenvalue weighted by Gasteiger charge is 2.20. The molecule has 0 aromatic carbocycles. The molecule has 1 aliphatic rings. The van der Waals surface area contributed by atoms with E-state index in [1.54, 1.807) is 6.08 Å². The topological polar surface area (TPSA) is 77.3 Å². The molecule has 1 rings (SSSR count). The van der Waals surface area contributed by atoms with Gasteiger partial charge < -0.3 is 0 Å². The maximum atomic E-state index is 10.5. The molecule has 0 saturated carbocycles. The van der Waals surface area contributed by atoms with Gasteiger partial charge in [-0.05, 0) is 0 Å². The van der Waals surface area contributed by atoms with Crippen LogP contribution in [0.3, 0.4) is 0 Å². The highest BCUT2D eigenvalue weighted by Crippen LogP contribution is 2.08. The van der Waals surface area contributed by atoms with E-state index in [9.17, 15) is 18.5 Å². The third-order valence-corrected chi connectivity index (χ3v) is 2.16. The molecule has 0 N–H and O–H groups in total. The Kier molecular flexibility index (Phi) is 2.39. The standard InChI is InChI=1S/C6H5NO4S/c8-7(9)5-3-1-2-4-6(5)12(10)11/h1-3H,4H2. The predicted octanol–water partition coefficient (Wildman–Crippen LogP) is 0.158. The van der Waals surface area contributed by atoms with Crippen molar-refractivity contribution in [2.45, 2.75) is 6.42 Å². The summed E-state index contributed by atoms with van der Waals surface area (Å²) >= 11 is 0. The van der Waals surface area contributed by atoms with Crippen LogP contribution in [0.2, 0.25) is 0 Å². The number of nitrogens with zero attached hydrogens (tertiary/aromatic N) is 1. The van der Waals surface area contributed by atoms with E-state index in [4.69, 9.17) is 0 Å². The zero-order chi connectivity index (χ0) is 9.14. The molecule has 0 fully saturated rings. The van der Waals surface area contributed by atoms with Crippen molar-refractivity contribution in [1.29, 1.82) is 0 Å². The third kappa shape index (κ3) is 1.59. The molecule has 6 heteroatoms. The van der Waals surface area contributed by atoms with Crippen LogP contribution in [0.1, 0.15) is 6.42 Å². The van der Waals surface area contributed by atoms with Gasteiger partial charge in [0.05, 0.1) is 4.92 Å². The molecule has 64 valence electrons. The van der Waals surface area contributed by atoms with Crippen LogP contribution in [0, 0.1) is 10.1 Å². The summed E-state index contributed by atoms with van der Waals surface area (Å²) in [6, 6.07) is 0. The van der Waals surface area contributed by atoms with Crippen molar-refractivity contribution < 1.29 is 13.3 Å². The van der Waals surface area contributed by atoms with Crippen molar-refractivity contribution in [2.75, 3.05) is 0 Å². The van der Waals surface area contributed by atoms with E-state index in [2.05, 4.69) is 0 Å². The maximum Gasteiger partial charge on any atom is 0.288 e. The average molecular weight is 187 g/mol. The lowest BCUT2D eigenvalue weighted by atomic mass is 10.1. The van der Waals surface area contributed by atoms with Gasteiger partial charge in [-0.15, -0.1) is 0 Å². The van der Waals surface area contributed by atoms with Gasteiger partial charge in [-0.1, -0.05) is 12.2 Å². The van der Waals surface area contributed by atoms with E-state index >= 15 is 0 Å². The van der Waals surface area contributed by atoms with Gasteiger partial charge in [-0.25, -0.2) is 0 Å². The second-order valence-electron chi connectivity index (χ2n) is 2.10. The van der Waals surface area contributed by atoms with Crippen molar-refractivity contribution in [3.8, 4) is 0 Å². The fraction of sp³-hybridized carbons (Fsp3) is 0.167. The first-order valence-electron chi connectivity index (χ1n) is 3.09. The second-order valence-corrected chi connectivity index (χ2v) is 3.06. The molecule has 0 unspecified atom stereocenters. The zero-order valence-electron chi connectivity index (χ0n) is 5.93. The minimum Gasteiger partial charge on any atom is -0.258 e. The molecule has 1 aliphatic carbocycles. The number of nitro groups is 1. The quantitative estimate of drug-likeness (QED) is 0.333. The Balaban J connectivity index is 3.27. The van der Waals surface area contributed by atoms with Crippen LogP contribution in [0.15, 0.2) is 23.9 Å². The smallest absolute Gasteiger partial charge is 0.258 e. The molecular formula is C6H5NO4S. The van der Waals surface area contributed by atoms with Crippen molar-refractivity contribution >= 4 is 15.2 Å². The first-order chi connectivity index (χ1) is 5.63. The Morgan fingerprint density at radius 3 is 2.58 bits per heavy atom. The first kappa shape index (κ1) is 8.66. The summed E-state index contributed by atoms with van der Waals surface area (Å²) < 4.78 is 20.9. The van der Waals surface area contributed by atoms with Crippen LogP contribution in [-0.4, -0.2) is 18.2 Å². The molecule has 0 aromatic rings. The van der Waals surface area contributed by atoms with Crippen LogP contribution < -0.4 is 0 Å². The van der Waals surface area contributed by atoms with Crippen LogP contribution in [0.5, 0.6) is 0 Å². The van der Waals surface area contributed by atoms with Gasteiger partial charge >= 0.3 is 0 Å². The molecule has 0 heterocycles. The van der Waals surface area contributed by atoms with Crippen molar-refractivity contribution in [3.05, 3.63) is 34.0 Å². The lowest BCUT2D eigenvalue weighted by molar-refractivity contribution is -0.414. The van der Waals surface area contributed by atoms with E-state index in [1.165, 1.54) is 12.2 Å². The van der Waals surface area contributed by atoms with Crippen LogP contribution in [-0.2, 0) is 10.3 Å². The highest BCUT2D eigenvalue weighted by molar-refractivity contribution is 7.73. The second kappa shape index (κ2) is 3.31. The lowest BCUT2D eigenvalue weighted by Gasteiger charge is -1.99. The number of allylic oxidation sites excluding steroid dienone is 4. The summed E-state index contributed by atoms with van der Waals surface area (Å²) in [6.45, 7) is 0. The Hall–Kier alpha value is -1.43. The Morgan fingerprint density at radius 2 is 2.17 bits per heavy atom. The summed E-state index contributed by atoms with van der Waals surface area (Å²) in [5, 5.41) is 10.3. The zero-order valence-corrected chi connectivity index (χ0v) is 6.74. The normalized spacial score (nSPS) is 15.7. The van der Waals surface area contributed by atoms with Crippen molar-refractivity contribution in [3.63, 3.8) is 0 Å². The van der Waals surface area contributed by atoms with E-state index in [0.717, 1.165) is 0 Å². The van der Waals surface area contributed by atoms with E-state index in [0.29, 0.717) is 0 Å². The largest absolute Gasteiger partial charge is 0.288 e. The average Bonchev–Trinajstić information content (AvgIpc) is 2.04. The van der Waals surface area contributed by atoms with E-state index < -0.39 is 15.2 Å². The van der Waals surface area contributed by atoms with E-state index in [1.807, 2.05) is 0 Å². The minimum absolute atomic E-state index is 0.100. The Labute approximate surface area is 69.7 Å². The number of hydrogen-bond donors (Lipinski definition) is 0. The molecule has 0 atom stereocenters. The number of hydrogen-bond acceptors (Lipinski definition) is 4. The summed E-state index contributed by atoms with van der Waals surface area (Å²) in [5.41, 5.74) is -0.342. The van der Waals surface area contributed by atoms with Crippen LogP contribution in [0.4, 0.5) is 0 Å². The highest BCUT2D eigenvalue weighted by atomic mass is 32.2. The minimum atomic E-state index is -2.50. The molecule has 0 amide bonds. The van der Waals surface area contributed by atoms with Gasteiger partial charge in [-0.2, -0.15) is 8.42 Å². The van der Waals surface area contributed by atoms with Crippen molar-refractivity contribution in [1.82, 2.24) is 0 Å². The lowest BCUT2D eigenvalue weighted by Crippen LogP contribution is -2.13. The predicted molar refractivity (Wildman–Crippen MR) is 42.8 cm³/mol. The van der Waals surface area contributed by atoms with Gasteiger partial charge in [0.25, 0.3) is 5.70 Å². The molecule has 0 bridgehead atoms. The molecule has 5 nitrogen and oxygen atoms in total. The first-order valence-corrected chi connectivity index (χ1v) is 4.17. The molecule has 0 radical (unpaired) electrons. The van der Waals surface area contributed by atoms with Crippen LogP contribution in [0.25, 0.3) is 0 Å². The summed E-state index contributed by atoms with van der Waals surface area (Å²) in [7, 11) is -2.50. The van der Waals surface area contributed by atoms with E-state index in [-0.39, 0.29) is 17.0 Å². The Bertz CT molecular complexity index is 393. The van der Waals surface area contributed by atoms with Crippen LogP contribution >= 0.6 is 0 Å². The molecule has 0 saturated heterocycles. The molecule has 12 heavy (non-hydrogen) atoms. The fourth-order valence-electron chi connectivity index (χ4n) is 0.848. The van der Waals surface area contributed by atoms with Gasteiger partial charge in [0.1, 0.15) is 0 Å². The Morgan fingerprint density at radius 1 is 1.50 bits per heavy atom. The summed E-state index contributed by atoms with van der Waals surface area (Å²) in [5.74, 6) is 0. The SMILES string of the molecule is O=[N+]([O-])C1=CC=CCC1=S(=O)=O. The van der Waals surface area contributed by atoms with Crippen molar-refractivity contribution in [2.24, 2.45) is 0 Å². The number of rotatable bonds is 1. The summed E-state index contributed by atoms with van der Waals surface area (Å²) in [4.78, 5) is 9.41. The maximum absolute atomic E-state index is 10.5. The fourth-order valence-corrected chi connectivity index (χ4v) is 1.39. The van der Waals surface area contributed by atoms with Gasteiger partial charge in [0.2, 0.25) is 10.3 Å².